The third-order valence-corrected chi connectivity index (χ3v) is 3.16. The van der Waals surface area contributed by atoms with Gasteiger partial charge in [-0.2, -0.15) is 4.98 Å². The lowest BCUT2D eigenvalue weighted by atomic mass is 10.1. The fourth-order valence-electron chi connectivity index (χ4n) is 1.61. The second-order valence-electron chi connectivity index (χ2n) is 5.33. The summed E-state index contributed by atoms with van der Waals surface area (Å²) in [5.41, 5.74) is 6.45. The number of nitrogen functional groups attached to an aromatic ring is 1. The van der Waals surface area contributed by atoms with Gasteiger partial charge in [-0.3, -0.25) is 0 Å². The zero-order valence-corrected chi connectivity index (χ0v) is 12.3. The largest absolute Gasteiger partial charge is 0.473 e. The summed E-state index contributed by atoms with van der Waals surface area (Å²) in [6, 6.07) is 4.19. The van der Waals surface area contributed by atoms with Gasteiger partial charge in [-0.1, -0.05) is 13.8 Å². The summed E-state index contributed by atoms with van der Waals surface area (Å²) in [5, 5.41) is 0. The smallest absolute Gasteiger partial charge is 0.239 e. The first-order valence-corrected chi connectivity index (χ1v) is 6.49. The molecule has 1 atom stereocenters. The van der Waals surface area contributed by atoms with Crippen molar-refractivity contribution in [2.24, 2.45) is 5.92 Å². The first kappa shape index (κ1) is 14.6. The van der Waals surface area contributed by atoms with Crippen LogP contribution in [0.3, 0.4) is 0 Å². The van der Waals surface area contributed by atoms with Crippen LogP contribution in [0.25, 0.3) is 0 Å². The molecule has 1 heterocycles. The first-order chi connectivity index (χ1) is 8.32. The van der Waals surface area contributed by atoms with E-state index in [1.54, 1.807) is 0 Å². The topological polar surface area (TPSA) is 51.4 Å². The number of hydrogen-bond acceptors (Lipinski definition) is 4. The molecule has 1 aromatic heterocycles. The van der Waals surface area contributed by atoms with E-state index in [4.69, 9.17) is 10.5 Å². The lowest BCUT2D eigenvalue weighted by Gasteiger charge is -2.29. The highest BCUT2D eigenvalue weighted by Gasteiger charge is 2.16. The molecule has 4 nitrogen and oxygen atoms in total. The molecule has 1 aromatic rings. The fourth-order valence-corrected chi connectivity index (χ4v) is 1.61. The van der Waals surface area contributed by atoms with Crippen molar-refractivity contribution in [3.8, 4) is 5.88 Å². The fraction of sp³-hybridized carbons (Fsp3) is 0.643. The average molecular weight is 251 g/mol. The van der Waals surface area contributed by atoms with Crippen LogP contribution < -0.4 is 15.4 Å². The first-order valence-electron chi connectivity index (χ1n) is 6.49. The Hall–Kier alpha value is -1.45. The van der Waals surface area contributed by atoms with Crippen molar-refractivity contribution in [1.29, 1.82) is 0 Å². The van der Waals surface area contributed by atoms with E-state index in [0.717, 1.165) is 5.82 Å². The Morgan fingerprint density at radius 3 is 2.28 bits per heavy atom. The predicted octanol–water partition coefficient (Wildman–Crippen LogP) is 2.93. The van der Waals surface area contributed by atoms with Crippen molar-refractivity contribution in [2.75, 3.05) is 17.7 Å². The van der Waals surface area contributed by atoms with Crippen LogP contribution in [0.5, 0.6) is 5.88 Å². The second kappa shape index (κ2) is 5.94. The standard InChI is InChI=1S/C14H25N3O/c1-9(2)11(5)17(6)13-8-7-12(15)14(16-13)18-10(3)4/h7-11H,15H2,1-6H3. The average Bonchev–Trinajstić information content (AvgIpc) is 2.29. The predicted molar refractivity (Wildman–Crippen MR) is 77.1 cm³/mol. The van der Waals surface area contributed by atoms with Crippen molar-refractivity contribution in [3.05, 3.63) is 12.1 Å². The number of anilines is 2. The molecule has 1 rings (SSSR count). The maximum atomic E-state index is 5.87. The van der Waals surface area contributed by atoms with Crippen LogP contribution in [0, 0.1) is 5.92 Å². The van der Waals surface area contributed by atoms with Gasteiger partial charge in [0.05, 0.1) is 11.8 Å². The molecule has 2 N–H and O–H groups in total. The highest BCUT2D eigenvalue weighted by Crippen LogP contribution is 2.25. The van der Waals surface area contributed by atoms with Gasteiger partial charge in [-0.15, -0.1) is 0 Å². The summed E-state index contributed by atoms with van der Waals surface area (Å²) in [4.78, 5) is 6.64. The Morgan fingerprint density at radius 1 is 1.17 bits per heavy atom. The quantitative estimate of drug-likeness (QED) is 0.874. The lowest BCUT2D eigenvalue weighted by Crippen LogP contribution is -2.33. The van der Waals surface area contributed by atoms with E-state index in [1.165, 1.54) is 0 Å². The minimum Gasteiger partial charge on any atom is -0.473 e. The van der Waals surface area contributed by atoms with E-state index in [1.807, 2.05) is 33.0 Å². The molecule has 0 radical (unpaired) electrons. The Bertz CT molecular complexity index is 391. The maximum Gasteiger partial charge on any atom is 0.239 e. The Labute approximate surface area is 110 Å². The molecular formula is C14H25N3O. The number of nitrogens with zero attached hydrogens (tertiary/aromatic N) is 2. The van der Waals surface area contributed by atoms with Crippen LogP contribution in [-0.2, 0) is 0 Å². The van der Waals surface area contributed by atoms with Crippen LogP contribution >= 0.6 is 0 Å². The van der Waals surface area contributed by atoms with E-state index in [2.05, 4.69) is 30.7 Å². The third kappa shape index (κ3) is 3.52. The zero-order valence-electron chi connectivity index (χ0n) is 12.3. The summed E-state index contributed by atoms with van der Waals surface area (Å²) in [7, 11) is 2.04. The molecule has 0 aliphatic rings. The van der Waals surface area contributed by atoms with Gasteiger partial charge in [-0.25, -0.2) is 0 Å². The van der Waals surface area contributed by atoms with Crippen LogP contribution in [0.15, 0.2) is 12.1 Å². The summed E-state index contributed by atoms with van der Waals surface area (Å²) in [5.74, 6) is 1.97. The van der Waals surface area contributed by atoms with Crippen LogP contribution in [-0.4, -0.2) is 24.2 Å². The van der Waals surface area contributed by atoms with E-state index in [0.29, 0.717) is 23.5 Å². The Morgan fingerprint density at radius 2 is 1.78 bits per heavy atom. The molecule has 0 aromatic carbocycles. The molecule has 0 saturated carbocycles. The molecule has 0 spiro atoms. The van der Waals surface area contributed by atoms with Gasteiger partial charge in [0.2, 0.25) is 5.88 Å². The van der Waals surface area contributed by atoms with Crippen molar-refractivity contribution >= 4 is 11.5 Å². The van der Waals surface area contributed by atoms with Crippen molar-refractivity contribution in [1.82, 2.24) is 4.98 Å². The molecule has 18 heavy (non-hydrogen) atoms. The molecule has 102 valence electrons. The van der Waals surface area contributed by atoms with Crippen LogP contribution in [0.1, 0.15) is 34.6 Å². The van der Waals surface area contributed by atoms with Crippen LogP contribution in [0.4, 0.5) is 11.5 Å². The van der Waals surface area contributed by atoms with E-state index in [-0.39, 0.29) is 6.10 Å². The van der Waals surface area contributed by atoms with Gasteiger partial charge in [0, 0.05) is 13.1 Å². The number of nitrogens with two attached hydrogens (primary N) is 1. The van der Waals surface area contributed by atoms with Crippen molar-refractivity contribution in [2.45, 2.75) is 46.8 Å². The van der Waals surface area contributed by atoms with Crippen molar-refractivity contribution in [3.63, 3.8) is 0 Å². The normalized spacial score (nSPS) is 12.9. The van der Waals surface area contributed by atoms with Gasteiger partial charge >= 0.3 is 0 Å². The number of ether oxygens (including phenoxy) is 1. The van der Waals surface area contributed by atoms with Crippen molar-refractivity contribution < 1.29 is 4.74 Å². The third-order valence-electron chi connectivity index (χ3n) is 3.16. The highest BCUT2D eigenvalue weighted by molar-refractivity contribution is 5.54. The minimum atomic E-state index is 0.0721. The number of rotatable bonds is 5. The lowest BCUT2D eigenvalue weighted by molar-refractivity contribution is 0.234. The van der Waals surface area contributed by atoms with E-state index >= 15 is 0 Å². The SMILES string of the molecule is CC(C)Oc1nc(N(C)C(C)C(C)C)ccc1N. The molecule has 4 heteroatoms. The minimum absolute atomic E-state index is 0.0721. The highest BCUT2D eigenvalue weighted by atomic mass is 16.5. The van der Waals surface area contributed by atoms with Gasteiger partial charge in [0.1, 0.15) is 5.82 Å². The zero-order chi connectivity index (χ0) is 13.9. The molecule has 1 unspecified atom stereocenters. The monoisotopic (exact) mass is 251 g/mol. The Kier molecular flexibility index (Phi) is 4.82. The van der Waals surface area contributed by atoms with E-state index in [9.17, 15) is 0 Å². The van der Waals surface area contributed by atoms with Gasteiger partial charge in [0.25, 0.3) is 0 Å². The molecule has 0 bridgehead atoms. The molecule has 0 aliphatic heterocycles. The number of pyridine rings is 1. The molecule has 0 saturated heterocycles. The van der Waals surface area contributed by atoms with Gasteiger partial charge in [-0.05, 0) is 38.8 Å². The van der Waals surface area contributed by atoms with Crippen LogP contribution in [0.2, 0.25) is 0 Å². The summed E-state index contributed by atoms with van der Waals surface area (Å²) < 4.78 is 5.61. The maximum absolute atomic E-state index is 5.87. The molecular weight excluding hydrogens is 226 g/mol. The Balaban J connectivity index is 2.97. The summed E-state index contributed by atoms with van der Waals surface area (Å²) in [6.07, 6.45) is 0.0721. The van der Waals surface area contributed by atoms with Gasteiger partial charge in [0.15, 0.2) is 0 Å². The van der Waals surface area contributed by atoms with E-state index < -0.39 is 0 Å². The van der Waals surface area contributed by atoms with Gasteiger partial charge < -0.3 is 15.4 Å². The molecule has 0 amide bonds. The molecule has 0 aliphatic carbocycles. The number of aromatic nitrogens is 1. The summed E-state index contributed by atoms with van der Waals surface area (Å²) in [6.45, 7) is 10.5. The molecule has 0 fully saturated rings. The summed E-state index contributed by atoms with van der Waals surface area (Å²) >= 11 is 0. The second-order valence-corrected chi connectivity index (χ2v) is 5.33. The number of hydrogen-bond donors (Lipinski definition) is 1.